The summed E-state index contributed by atoms with van der Waals surface area (Å²) in [5.74, 6) is 0.573. The number of amides is 1. The number of ether oxygens (including phenoxy) is 3. The standard InChI is InChI=1S/C22H26N2O6/c1-2-28-20(11-12-25)21(17-5-9-19(10-6-17)29-14-13-26)30-22(27)24-18-7-3-16(15-23)4-8-18/h3-10,20-21,25-26H,2,11-14H2,1H3,(H,24,27)/t20-,21-/m0/s1. The zero-order chi connectivity index (χ0) is 21.8. The van der Waals surface area contributed by atoms with Crippen LogP contribution >= 0.6 is 0 Å². The molecule has 2 aromatic rings. The van der Waals surface area contributed by atoms with Crippen molar-refractivity contribution >= 4 is 11.8 Å². The Bertz CT molecular complexity index is 811. The Morgan fingerprint density at radius 3 is 2.37 bits per heavy atom. The molecule has 0 aliphatic rings. The SMILES string of the molecule is CCO[C@@H](CCO)[C@@H](OC(=O)Nc1ccc(C#N)cc1)c1ccc(OCCO)cc1. The van der Waals surface area contributed by atoms with Crippen LogP contribution in [-0.4, -0.2) is 48.8 Å². The van der Waals surface area contributed by atoms with Crippen LogP contribution < -0.4 is 10.1 Å². The maximum absolute atomic E-state index is 12.5. The van der Waals surface area contributed by atoms with Gasteiger partial charge in [-0.1, -0.05) is 12.1 Å². The largest absolute Gasteiger partial charge is 0.491 e. The Labute approximate surface area is 175 Å². The van der Waals surface area contributed by atoms with Crippen molar-refractivity contribution in [2.24, 2.45) is 0 Å². The average molecular weight is 414 g/mol. The first kappa shape index (κ1) is 23.2. The fourth-order valence-electron chi connectivity index (χ4n) is 2.83. The van der Waals surface area contributed by atoms with Gasteiger partial charge in [0.05, 0.1) is 18.2 Å². The van der Waals surface area contributed by atoms with Crippen molar-refractivity contribution in [3.63, 3.8) is 0 Å². The lowest BCUT2D eigenvalue weighted by atomic mass is 10.0. The molecule has 0 spiro atoms. The molecule has 1 amide bonds. The van der Waals surface area contributed by atoms with E-state index in [-0.39, 0.29) is 26.2 Å². The molecule has 0 aromatic heterocycles. The lowest BCUT2D eigenvalue weighted by Gasteiger charge is -2.27. The number of aliphatic hydroxyl groups is 2. The maximum Gasteiger partial charge on any atom is 0.412 e. The zero-order valence-electron chi connectivity index (χ0n) is 16.8. The van der Waals surface area contributed by atoms with Gasteiger partial charge in [0, 0.05) is 25.3 Å². The van der Waals surface area contributed by atoms with E-state index in [9.17, 15) is 9.90 Å². The lowest BCUT2D eigenvalue weighted by molar-refractivity contribution is -0.0484. The molecule has 3 N–H and O–H groups in total. The van der Waals surface area contributed by atoms with Gasteiger partial charge in [-0.25, -0.2) is 4.79 Å². The van der Waals surface area contributed by atoms with Crippen LogP contribution in [0.1, 0.15) is 30.6 Å². The number of hydrogen-bond donors (Lipinski definition) is 3. The maximum atomic E-state index is 12.5. The number of hydrogen-bond acceptors (Lipinski definition) is 7. The van der Waals surface area contributed by atoms with E-state index < -0.39 is 18.3 Å². The van der Waals surface area contributed by atoms with Gasteiger partial charge in [0.2, 0.25) is 0 Å². The summed E-state index contributed by atoms with van der Waals surface area (Å²) >= 11 is 0. The topological polar surface area (TPSA) is 121 Å². The molecule has 160 valence electrons. The third-order valence-electron chi connectivity index (χ3n) is 4.20. The first-order chi connectivity index (χ1) is 14.6. The van der Waals surface area contributed by atoms with Gasteiger partial charge in [-0.2, -0.15) is 5.26 Å². The highest BCUT2D eigenvalue weighted by molar-refractivity contribution is 5.84. The predicted molar refractivity (Wildman–Crippen MR) is 110 cm³/mol. The van der Waals surface area contributed by atoms with E-state index in [1.165, 1.54) is 0 Å². The number of benzene rings is 2. The molecule has 2 atom stereocenters. The van der Waals surface area contributed by atoms with E-state index in [1.807, 2.05) is 13.0 Å². The first-order valence-corrected chi connectivity index (χ1v) is 9.65. The molecule has 0 radical (unpaired) electrons. The van der Waals surface area contributed by atoms with E-state index in [0.29, 0.717) is 29.2 Å². The third kappa shape index (κ3) is 7.04. The molecule has 8 heteroatoms. The van der Waals surface area contributed by atoms with Crippen LogP contribution in [0.4, 0.5) is 10.5 Å². The fourth-order valence-corrected chi connectivity index (χ4v) is 2.83. The van der Waals surface area contributed by atoms with E-state index >= 15 is 0 Å². The molecular formula is C22H26N2O6. The van der Waals surface area contributed by atoms with E-state index in [4.69, 9.17) is 24.6 Å². The quantitative estimate of drug-likeness (QED) is 0.517. The summed E-state index contributed by atoms with van der Waals surface area (Å²) in [6.45, 7) is 2.17. The van der Waals surface area contributed by atoms with Crippen LogP contribution in [-0.2, 0) is 9.47 Å². The van der Waals surface area contributed by atoms with E-state index in [2.05, 4.69) is 5.32 Å². The second-order valence-corrected chi connectivity index (χ2v) is 6.29. The van der Waals surface area contributed by atoms with Crippen LogP contribution in [0.3, 0.4) is 0 Å². The van der Waals surface area contributed by atoms with Gasteiger partial charge in [-0.05, 0) is 48.9 Å². The number of nitriles is 1. The molecule has 0 aliphatic heterocycles. The van der Waals surface area contributed by atoms with E-state index in [0.717, 1.165) is 0 Å². The van der Waals surface area contributed by atoms with Crippen molar-refractivity contribution in [1.29, 1.82) is 5.26 Å². The molecule has 0 saturated heterocycles. The Morgan fingerprint density at radius 2 is 1.80 bits per heavy atom. The molecule has 2 aromatic carbocycles. The number of anilines is 1. The summed E-state index contributed by atoms with van der Waals surface area (Å²) in [4.78, 5) is 12.5. The van der Waals surface area contributed by atoms with Crippen LogP contribution in [0.2, 0.25) is 0 Å². The Kier molecular flexibility index (Phi) is 9.61. The lowest BCUT2D eigenvalue weighted by Crippen LogP contribution is -2.29. The van der Waals surface area contributed by atoms with Crippen molar-refractivity contribution in [3.8, 4) is 11.8 Å². The summed E-state index contributed by atoms with van der Waals surface area (Å²) in [5.41, 5.74) is 1.64. The van der Waals surface area contributed by atoms with Gasteiger partial charge in [0.25, 0.3) is 0 Å². The highest BCUT2D eigenvalue weighted by Gasteiger charge is 2.27. The zero-order valence-corrected chi connectivity index (χ0v) is 16.8. The highest BCUT2D eigenvalue weighted by Crippen LogP contribution is 2.28. The Morgan fingerprint density at radius 1 is 1.10 bits per heavy atom. The van der Waals surface area contributed by atoms with Crippen LogP contribution in [0.15, 0.2) is 48.5 Å². The first-order valence-electron chi connectivity index (χ1n) is 9.65. The Balaban J connectivity index is 2.17. The van der Waals surface area contributed by atoms with Crippen molar-refractivity contribution in [3.05, 3.63) is 59.7 Å². The molecule has 0 unspecified atom stereocenters. The molecule has 0 fully saturated rings. The van der Waals surface area contributed by atoms with Crippen LogP contribution in [0.5, 0.6) is 5.75 Å². The van der Waals surface area contributed by atoms with Crippen LogP contribution in [0.25, 0.3) is 0 Å². The van der Waals surface area contributed by atoms with Gasteiger partial charge in [-0.15, -0.1) is 0 Å². The van der Waals surface area contributed by atoms with Gasteiger partial charge < -0.3 is 24.4 Å². The predicted octanol–water partition coefficient (Wildman–Crippen LogP) is 3.01. The van der Waals surface area contributed by atoms with E-state index in [1.54, 1.807) is 48.5 Å². The Hall–Kier alpha value is -3.12. The van der Waals surface area contributed by atoms with Crippen molar-refractivity contribution in [2.75, 3.05) is 31.7 Å². The van der Waals surface area contributed by atoms with Gasteiger partial charge in [-0.3, -0.25) is 5.32 Å². The van der Waals surface area contributed by atoms with Crippen molar-refractivity contribution in [1.82, 2.24) is 0 Å². The smallest absolute Gasteiger partial charge is 0.412 e. The van der Waals surface area contributed by atoms with Gasteiger partial charge in [0.15, 0.2) is 6.10 Å². The summed E-state index contributed by atoms with van der Waals surface area (Å²) in [7, 11) is 0. The summed E-state index contributed by atoms with van der Waals surface area (Å²) in [5, 5.41) is 29.8. The molecule has 0 aliphatic carbocycles. The molecule has 30 heavy (non-hydrogen) atoms. The number of nitrogens with zero attached hydrogens (tertiary/aromatic N) is 1. The monoisotopic (exact) mass is 414 g/mol. The molecular weight excluding hydrogens is 388 g/mol. The normalized spacial score (nSPS) is 12.5. The second kappa shape index (κ2) is 12.4. The number of carbonyl (C=O) groups is 1. The minimum atomic E-state index is -0.762. The molecule has 0 bridgehead atoms. The minimum absolute atomic E-state index is 0.0914. The number of aliphatic hydroxyl groups excluding tert-OH is 2. The molecule has 2 rings (SSSR count). The third-order valence-corrected chi connectivity index (χ3v) is 4.20. The number of rotatable bonds is 11. The fraction of sp³-hybridized carbons (Fsp3) is 0.364. The summed E-state index contributed by atoms with van der Waals surface area (Å²) in [6, 6.07) is 15.3. The van der Waals surface area contributed by atoms with Gasteiger partial charge in [0.1, 0.15) is 18.5 Å². The summed E-state index contributed by atoms with van der Waals surface area (Å²) < 4.78 is 16.7. The second-order valence-electron chi connectivity index (χ2n) is 6.29. The van der Waals surface area contributed by atoms with Gasteiger partial charge >= 0.3 is 6.09 Å². The van der Waals surface area contributed by atoms with Crippen molar-refractivity contribution in [2.45, 2.75) is 25.6 Å². The van der Waals surface area contributed by atoms with Crippen molar-refractivity contribution < 1.29 is 29.2 Å². The number of nitrogens with one attached hydrogen (secondary N) is 1. The molecule has 8 nitrogen and oxygen atoms in total. The molecule has 0 saturated carbocycles. The number of carbonyl (C=O) groups excluding carboxylic acids is 1. The average Bonchev–Trinajstić information content (AvgIpc) is 2.77. The minimum Gasteiger partial charge on any atom is -0.491 e. The van der Waals surface area contributed by atoms with Crippen LogP contribution in [0, 0.1) is 11.3 Å². The highest BCUT2D eigenvalue weighted by atomic mass is 16.6. The summed E-state index contributed by atoms with van der Waals surface area (Å²) in [6.07, 6.45) is -1.71. The molecule has 0 heterocycles.